The van der Waals surface area contributed by atoms with Gasteiger partial charge in [0.2, 0.25) is 5.91 Å². The Labute approximate surface area is 161 Å². The molecule has 0 saturated heterocycles. The number of hydrogen-bond donors (Lipinski definition) is 1. The topological polar surface area (TPSA) is 59.0 Å². The molecule has 27 heavy (non-hydrogen) atoms. The lowest BCUT2D eigenvalue weighted by molar-refractivity contribution is -0.185. The maximum absolute atomic E-state index is 13.4. The third-order valence-corrected chi connectivity index (χ3v) is 7.01. The second-order valence-corrected chi connectivity index (χ2v) is 9.13. The molecule has 2 atom stereocenters. The van der Waals surface area contributed by atoms with Crippen LogP contribution in [-0.4, -0.2) is 49.3 Å². The molecule has 1 aromatic carbocycles. The van der Waals surface area contributed by atoms with Crippen molar-refractivity contribution in [2.45, 2.75) is 50.5 Å². The Morgan fingerprint density at radius 2 is 1.81 bits per heavy atom. The number of aliphatic hydroxyl groups is 1. The van der Waals surface area contributed by atoms with Gasteiger partial charge >= 0.3 is 0 Å². The van der Waals surface area contributed by atoms with E-state index in [9.17, 15) is 9.90 Å². The minimum Gasteiger partial charge on any atom is -0.493 e. The lowest BCUT2D eigenvalue weighted by Crippen LogP contribution is -2.60. The molecule has 1 N–H and O–H groups in total. The average molecular weight is 373 g/mol. The van der Waals surface area contributed by atoms with Crippen LogP contribution >= 0.6 is 0 Å². The lowest BCUT2D eigenvalue weighted by atomic mass is 9.47. The first kappa shape index (κ1) is 18.6. The van der Waals surface area contributed by atoms with Crippen molar-refractivity contribution in [1.29, 1.82) is 0 Å². The molecule has 0 radical (unpaired) electrons. The van der Waals surface area contributed by atoms with Gasteiger partial charge in [-0.15, -0.1) is 0 Å². The van der Waals surface area contributed by atoms with Crippen molar-refractivity contribution in [3.63, 3.8) is 0 Å². The van der Waals surface area contributed by atoms with Crippen molar-refractivity contribution in [1.82, 2.24) is 4.90 Å². The number of carbonyl (C=O) groups excluding carboxylic acids is 1. The van der Waals surface area contributed by atoms with E-state index in [2.05, 4.69) is 0 Å². The summed E-state index contributed by atoms with van der Waals surface area (Å²) in [7, 11) is 5.17. The summed E-state index contributed by atoms with van der Waals surface area (Å²) >= 11 is 0. The van der Waals surface area contributed by atoms with Gasteiger partial charge in [0, 0.05) is 13.6 Å². The van der Waals surface area contributed by atoms with E-state index in [1.165, 1.54) is 6.42 Å². The van der Waals surface area contributed by atoms with Gasteiger partial charge in [-0.3, -0.25) is 4.79 Å². The van der Waals surface area contributed by atoms with Crippen molar-refractivity contribution >= 4 is 5.91 Å². The minimum atomic E-state index is -0.593. The van der Waals surface area contributed by atoms with Crippen molar-refractivity contribution in [3.8, 4) is 11.5 Å². The van der Waals surface area contributed by atoms with E-state index in [1.807, 2.05) is 30.1 Å². The number of rotatable bonds is 6. The summed E-state index contributed by atoms with van der Waals surface area (Å²) in [6.45, 7) is 0.670. The summed E-state index contributed by atoms with van der Waals surface area (Å²) in [5.74, 6) is 2.72. The molecular formula is C22H31NO4. The maximum Gasteiger partial charge on any atom is 0.228 e. The number of carbonyl (C=O) groups is 1. The molecule has 0 aromatic heterocycles. The highest BCUT2D eigenvalue weighted by molar-refractivity contribution is 5.83. The van der Waals surface area contributed by atoms with Crippen LogP contribution in [0.25, 0.3) is 0 Å². The van der Waals surface area contributed by atoms with Crippen LogP contribution in [0, 0.1) is 17.3 Å². The predicted molar refractivity (Wildman–Crippen MR) is 103 cm³/mol. The highest BCUT2D eigenvalue weighted by Gasteiger charge is 2.60. The summed E-state index contributed by atoms with van der Waals surface area (Å²) in [4.78, 5) is 15.2. The zero-order chi connectivity index (χ0) is 19.2. The molecule has 1 aromatic rings. The Morgan fingerprint density at radius 1 is 1.15 bits per heavy atom. The Balaban J connectivity index is 1.43. The van der Waals surface area contributed by atoms with Gasteiger partial charge in [0.15, 0.2) is 11.5 Å². The molecule has 148 valence electrons. The average Bonchev–Trinajstić information content (AvgIpc) is 2.63. The molecule has 4 fully saturated rings. The molecule has 5 rings (SSSR count). The highest BCUT2D eigenvalue weighted by atomic mass is 16.5. The van der Waals surface area contributed by atoms with Crippen molar-refractivity contribution in [2.75, 3.05) is 27.8 Å². The van der Waals surface area contributed by atoms with Gasteiger partial charge in [-0.25, -0.2) is 0 Å². The van der Waals surface area contributed by atoms with Gasteiger partial charge in [-0.1, -0.05) is 6.07 Å². The number of nitrogens with zero attached hydrogens (tertiary/aromatic N) is 1. The van der Waals surface area contributed by atoms with Gasteiger partial charge in [0.1, 0.15) is 0 Å². The van der Waals surface area contributed by atoms with E-state index >= 15 is 0 Å². The number of amides is 1. The Morgan fingerprint density at radius 3 is 2.41 bits per heavy atom. The molecule has 2 unspecified atom stereocenters. The number of benzene rings is 1. The van der Waals surface area contributed by atoms with Crippen molar-refractivity contribution in [2.24, 2.45) is 17.3 Å². The second kappa shape index (κ2) is 6.69. The fourth-order valence-electron chi connectivity index (χ4n) is 6.30. The molecular weight excluding hydrogens is 342 g/mol. The summed E-state index contributed by atoms with van der Waals surface area (Å²) in [6.07, 6.45) is 6.35. The molecule has 5 heteroatoms. The van der Waals surface area contributed by atoms with Crippen LogP contribution in [0.15, 0.2) is 18.2 Å². The molecule has 4 aliphatic rings. The summed E-state index contributed by atoms with van der Waals surface area (Å²) in [5.41, 5.74) is 0.200. The third kappa shape index (κ3) is 3.31. The van der Waals surface area contributed by atoms with Crippen molar-refractivity contribution < 1.29 is 19.4 Å². The first-order valence-corrected chi connectivity index (χ1v) is 10.1. The first-order chi connectivity index (χ1) is 12.9. The van der Waals surface area contributed by atoms with Crippen LogP contribution in [0.2, 0.25) is 0 Å². The van der Waals surface area contributed by atoms with Gasteiger partial charge in [0.25, 0.3) is 0 Å². The van der Waals surface area contributed by atoms with E-state index in [1.54, 1.807) is 14.2 Å². The van der Waals surface area contributed by atoms with Crippen LogP contribution in [0.4, 0.5) is 0 Å². The monoisotopic (exact) mass is 373 g/mol. The molecule has 4 aliphatic carbocycles. The molecule has 0 aliphatic heterocycles. The SMILES string of the molecule is COc1ccc(CCN(C)C(=O)C23CC4CC(CC(O)(C4)C2)C3)cc1OC. The van der Waals surface area contributed by atoms with E-state index in [4.69, 9.17) is 9.47 Å². The third-order valence-electron chi connectivity index (χ3n) is 7.01. The summed E-state index contributed by atoms with van der Waals surface area (Å²) < 4.78 is 10.7. The zero-order valence-electron chi connectivity index (χ0n) is 16.7. The largest absolute Gasteiger partial charge is 0.493 e. The highest BCUT2D eigenvalue weighted by Crippen LogP contribution is 2.62. The first-order valence-electron chi connectivity index (χ1n) is 10.1. The maximum atomic E-state index is 13.4. The van der Waals surface area contributed by atoms with Gasteiger partial charge < -0.3 is 19.5 Å². The quantitative estimate of drug-likeness (QED) is 0.833. The van der Waals surface area contributed by atoms with Crippen LogP contribution < -0.4 is 9.47 Å². The fourth-order valence-corrected chi connectivity index (χ4v) is 6.30. The van der Waals surface area contributed by atoms with E-state index in [-0.39, 0.29) is 11.3 Å². The molecule has 1 amide bonds. The predicted octanol–water partition coefficient (Wildman–Crippen LogP) is 3.04. The van der Waals surface area contributed by atoms with Gasteiger partial charge in [-0.2, -0.15) is 0 Å². The smallest absolute Gasteiger partial charge is 0.228 e. The Kier molecular flexibility index (Phi) is 4.61. The van der Waals surface area contributed by atoms with Gasteiger partial charge in [0.05, 0.1) is 25.2 Å². The minimum absolute atomic E-state index is 0.232. The normalized spacial score (nSPS) is 33.8. The summed E-state index contributed by atoms with van der Waals surface area (Å²) in [5, 5.41) is 10.9. The number of hydrogen-bond acceptors (Lipinski definition) is 4. The van der Waals surface area contributed by atoms with E-state index in [0.29, 0.717) is 36.3 Å². The Hall–Kier alpha value is -1.75. The van der Waals surface area contributed by atoms with Crippen LogP contribution in [0.1, 0.15) is 44.1 Å². The van der Waals surface area contributed by atoms with Crippen LogP contribution in [0.3, 0.4) is 0 Å². The van der Waals surface area contributed by atoms with E-state index in [0.717, 1.165) is 37.7 Å². The van der Waals surface area contributed by atoms with Crippen molar-refractivity contribution in [3.05, 3.63) is 23.8 Å². The lowest BCUT2D eigenvalue weighted by Gasteiger charge is -2.59. The zero-order valence-corrected chi connectivity index (χ0v) is 16.7. The fraction of sp³-hybridized carbons (Fsp3) is 0.682. The number of methoxy groups -OCH3 is 2. The van der Waals surface area contributed by atoms with Crippen LogP contribution in [0.5, 0.6) is 11.5 Å². The Bertz CT molecular complexity index is 717. The second-order valence-electron chi connectivity index (χ2n) is 9.13. The molecule has 0 heterocycles. The summed E-state index contributed by atoms with van der Waals surface area (Å²) in [6, 6.07) is 5.91. The van der Waals surface area contributed by atoms with Gasteiger partial charge in [-0.05, 0) is 74.5 Å². The molecule has 4 saturated carbocycles. The van der Waals surface area contributed by atoms with Crippen LogP contribution in [-0.2, 0) is 11.2 Å². The number of ether oxygens (including phenoxy) is 2. The van der Waals surface area contributed by atoms with E-state index < -0.39 is 5.60 Å². The standard InChI is InChI=1S/C22H31NO4/c1-23(7-6-15-4-5-18(26-2)19(9-15)27-3)20(24)21-10-16-8-17(11-21)13-22(25,12-16)14-21/h4-5,9,16-17,25H,6-8,10-14H2,1-3H3. The number of likely N-dealkylation sites (N-methyl/N-ethyl adjacent to an activating group) is 1. The molecule has 5 nitrogen and oxygen atoms in total. The molecule has 4 bridgehead atoms. The molecule has 0 spiro atoms.